The fraction of sp³-hybridized carbons (Fsp3) is 0.947. The number of nitrogens with zero attached hydrogens (tertiary/aromatic N) is 2. The Kier molecular flexibility index (Phi) is 5.11. The van der Waals surface area contributed by atoms with Gasteiger partial charge in [-0.3, -0.25) is 9.69 Å². The van der Waals surface area contributed by atoms with Gasteiger partial charge in [0.15, 0.2) is 0 Å². The van der Waals surface area contributed by atoms with Gasteiger partial charge in [-0.15, -0.1) is 0 Å². The van der Waals surface area contributed by atoms with E-state index in [-0.39, 0.29) is 11.6 Å². The van der Waals surface area contributed by atoms with Crippen molar-refractivity contribution in [2.45, 2.75) is 75.5 Å². The van der Waals surface area contributed by atoms with Crippen LogP contribution in [0.4, 0.5) is 0 Å². The summed E-state index contributed by atoms with van der Waals surface area (Å²) in [4.78, 5) is 17.9. The van der Waals surface area contributed by atoms with Crippen LogP contribution in [0, 0.1) is 0 Å². The highest BCUT2D eigenvalue weighted by Gasteiger charge is 2.43. The highest BCUT2D eigenvalue weighted by Crippen LogP contribution is 2.35. The molecule has 1 spiro atoms. The Morgan fingerprint density at radius 2 is 1.71 bits per heavy atom. The van der Waals surface area contributed by atoms with Gasteiger partial charge in [0, 0.05) is 32.3 Å². The van der Waals surface area contributed by atoms with E-state index in [9.17, 15) is 4.79 Å². The van der Waals surface area contributed by atoms with Crippen molar-refractivity contribution < 1.29 is 14.3 Å². The molecule has 0 aromatic carbocycles. The zero-order chi connectivity index (χ0) is 16.4. The quantitative estimate of drug-likeness (QED) is 0.775. The van der Waals surface area contributed by atoms with Gasteiger partial charge < -0.3 is 14.4 Å². The number of hydrogen-bond donors (Lipinski definition) is 0. The van der Waals surface area contributed by atoms with Crippen LogP contribution in [-0.2, 0) is 14.3 Å². The second-order valence-corrected chi connectivity index (χ2v) is 8.09. The average Bonchev–Trinajstić information content (AvgIpc) is 3.12. The zero-order valence-corrected chi connectivity index (χ0v) is 14.9. The maximum absolute atomic E-state index is 13.3. The Bertz CT molecular complexity index is 438. The first-order valence-electron chi connectivity index (χ1n) is 10.0. The maximum Gasteiger partial charge on any atom is 0.240 e. The molecular weight excluding hydrogens is 304 g/mol. The Morgan fingerprint density at radius 1 is 0.917 bits per heavy atom. The number of morpholine rings is 1. The molecule has 3 saturated heterocycles. The molecule has 1 atom stereocenters. The monoisotopic (exact) mass is 336 g/mol. The first-order valence-corrected chi connectivity index (χ1v) is 10.0. The Balaban J connectivity index is 1.42. The smallest absolute Gasteiger partial charge is 0.240 e. The third kappa shape index (κ3) is 3.35. The zero-order valence-electron chi connectivity index (χ0n) is 14.9. The van der Waals surface area contributed by atoms with Crippen LogP contribution in [-0.4, -0.2) is 72.8 Å². The summed E-state index contributed by atoms with van der Waals surface area (Å²) >= 11 is 0. The summed E-state index contributed by atoms with van der Waals surface area (Å²) in [6, 6.07) is 0.645. The molecule has 3 heterocycles. The molecule has 0 bridgehead atoms. The third-order valence-corrected chi connectivity index (χ3v) is 6.56. The second-order valence-electron chi connectivity index (χ2n) is 8.09. The SMILES string of the molecule is O=C(C1CCCN1C1CCOCC1)N1CCOC2(CCCCC2)C1. The van der Waals surface area contributed by atoms with E-state index < -0.39 is 0 Å². The largest absolute Gasteiger partial charge is 0.381 e. The van der Waals surface area contributed by atoms with Crippen molar-refractivity contribution in [1.82, 2.24) is 9.80 Å². The number of carbonyl (C=O) groups is 1. The van der Waals surface area contributed by atoms with Gasteiger partial charge in [0.05, 0.1) is 18.2 Å². The van der Waals surface area contributed by atoms with Gasteiger partial charge in [-0.25, -0.2) is 0 Å². The van der Waals surface area contributed by atoms with Gasteiger partial charge in [0.1, 0.15) is 0 Å². The normalized spacial score (nSPS) is 32.3. The van der Waals surface area contributed by atoms with E-state index in [0.717, 1.165) is 78.0 Å². The lowest BCUT2D eigenvalue weighted by molar-refractivity contribution is -0.161. The summed E-state index contributed by atoms with van der Waals surface area (Å²) in [5.41, 5.74) is -0.0335. The molecule has 136 valence electrons. The average molecular weight is 336 g/mol. The first-order chi connectivity index (χ1) is 11.8. The van der Waals surface area contributed by atoms with Gasteiger partial charge >= 0.3 is 0 Å². The summed E-state index contributed by atoms with van der Waals surface area (Å²) in [6.45, 7) is 5.10. The minimum absolute atomic E-state index is 0.0335. The van der Waals surface area contributed by atoms with Crippen molar-refractivity contribution in [3.05, 3.63) is 0 Å². The summed E-state index contributed by atoms with van der Waals surface area (Å²) < 4.78 is 11.7. The van der Waals surface area contributed by atoms with E-state index in [2.05, 4.69) is 9.80 Å². The number of amides is 1. The number of hydrogen-bond acceptors (Lipinski definition) is 4. The van der Waals surface area contributed by atoms with Crippen LogP contribution in [0.25, 0.3) is 0 Å². The predicted molar refractivity (Wildman–Crippen MR) is 91.9 cm³/mol. The van der Waals surface area contributed by atoms with Crippen LogP contribution in [0.15, 0.2) is 0 Å². The van der Waals surface area contributed by atoms with Crippen molar-refractivity contribution in [3.63, 3.8) is 0 Å². The van der Waals surface area contributed by atoms with Gasteiger partial charge in [-0.05, 0) is 45.1 Å². The van der Waals surface area contributed by atoms with Crippen LogP contribution in [0.2, 0.25) is 0 Å². The van der Waals surface area contributed by atoms with Crippen LogP contribution < -0.4 is 0 Å². The Labute approximate surface area is 145 Å². The molecule has 0 N–H and O–H groups in total. The molecule has 0 aromatic heterocycles. The number of likely N-dealkylation sites (tertiary alicyclic amines) is 1. The van der Waals surface area contributed by atoms with Gasteiger partial charge in [0.25, 0.3) is 0 Å². The topological polar surface area (TPSA) is 42.0 Å². The van der Waals surface area contributed by atoms with E-state index in [1.165, 1.54) is 19.3 Å². The molecule has 3 aliphatic heterocycles. The minimum Gasteiger partial charge on any atom is -0.381 e. The fourth-order valence-corrected chi connectivity index (χ4v) is 5.25. The molecular formula is C19H32N2O3. The van der Waals surface area contributed by atoms with Crippen molar-refractivity contribution in [2.24, 2.45) is 0 Å². The second kappa shape index (κ2) is 7.30. The van der Waals surface area contributed by atoms with E-state index in [4.69, 9.17) is 9.47 Å². The number of rotatable bonds is 2. The first kappa shape index (κ1) is 16.8. The molecule has 1 saturated carbocycles. The molecule has 24 heavy (non-hydrogen) atoms. The van der Waals surface area contributed by atoms with E-state index in [1.807, 2.05) is 0 Å². The molecule has 5 nitrogen and oxygen atoms in total. The number of carbonyl (C=O) groups excluding carboxylic acids is 1. The third-order valence-electron chi connectivity index (χ3n) is 6.56. The van der Waals surface area contributed by atoms with Crippen molar-refractivity contribution in [1.29, 1.82) is 0 Å². The molecule has 1 amide bonds. The van der Waals surface area contributed by atoms with Crippen LogP contribution in [0.3, 0.4) is 0 Å². The van der Waals surface area contributed by atoms with Crippen LogP contribution >= 0.6 is 0 Å². The fourth-order valence-electron chi connectivity index (χ4n) is 5.25. The molecule has 1 unspecified atom stereocenters. The molecule has 4 rings (SSSR count). The minimum atomic E-state index is -0.0335. The van der Waals surface area contributed by atoms with Crippen molar-refractivity contribution in [3.8, 4) is 0 Å². The van der Waals surface area contributed by atoms with Crippen LogP contribution in [0.5, 0.6) is 0 Å². The molecule has 4 fully saturated rings. The highest BCUT2D eigenvalue weighted by molar-refractivity contribution is 5.82. The van der Waals surface area contributed by atoms with Crippen LogP contribution in [0.1, 0.15) is 57.8 Å². The standard InChI is InChI=1S/C19H32N2O3/c22-18(17-5-4-10-21(17)16-6-12-23-13-7-16)20-11-14-24-19(15-20)8-2-1-3-9-19/h16-17H,1-15H2. The highest BCUT2D eigenvalue weighted by atomic mass is 16.5. The molecule has 5 heteroatoms. The van der Waals surface area contributed by atoms with E-state index >= 15 is 0 Å². The molecule has 0 radical (unpaired) electrons. The molecule has 1 aliphatic carbocycles. The lowest BCUT2D eigenvalue weighted by Crippen LogP contribution is -2.58. The number of ether oxygens (including phenoxy) is 2. The summed E-state index contributed by atoms with van der Waals surface area (Å²) in [5.74, 6) is 0.368. The van der Waals surface area contributed by atoms with Gasteiger partial charge in [-0.2, -0.15) is 0 Å². The van der Waals surface area contributed by atoms with Gasteiger partial charge in [0.2, 0.25) is 5.91 Å². The lowest BCUT2D eigenvalue weighted by Gasteiger charge is -2.46. The summed E-state index contributed by atoms with van der Waals surface area (Å²) in [7, 11) is 0. The molecule has 0 aromatic rings. The van der Waals surface area contributed by atoms with Crippen molar-refractivity contribution in [2.75, 3.05) is 39.5 Å². The van der Waals surface area contributed by atoms with E-state index in [0.29, 0.717) is 11.9 Å². The Morgan fingerprint density at radius 3 is 2.50 bits per heavy atom. The van der Waals surface area contributed by atoms with Gasteiger partial charge in [-0.1, -0.05) is 19.3 Å². The lowest BCUT2D eigenvalue weighted by atomic mass is 9.83. The molecule has 4 aliphatic rings. The summed E-state index contributed by atoms with van der Waals surface area (Å²) in [6.07, 6.45) is 10.4. The predicted octanol–water partition coefficient (Wildman–Crippen LogP) is 2.19. The van der Waals surface area contributed by atoms with Crippen molar-refractivity contribution >= 4 is 5.91 Å². The van der Waals surface area contributed by atoms with E-state index in [1.54, 1.807) is 0 Å². The Hall–Kier alpha value is -0.650. The summed E-state index contributed by atoms with van der Waals surface area (Å²) in [5, 5.41) is 0. The maximum atomic E-state index is 13.3.